The smallest absolute Gasteiger partial charge is 0.326 e. The lowest BCUT2D eigenvalue weighted by Gasteiger charge is -2.20. The Morgan fingerprint density at radius 1 is 1.47 bits per heavy atom. The molecule has 2 atom stereocenters. The highest BCUT2D eigenvalue weighted by molar-refractivity contribution is 9.10. The van der Waals surface area contributed by atoms with Gasteiger partial charge in [0, 0.05) is 4.47 Å². The first kappa shape index (κ1) is 16.0. The van der Waals surface area contributed by atoms with Crippen molar-refractivity contribution in [2.75, 3.05) is 0 Å². The molecule has 0 bridgehead atoms. The van der Waals surface area contributed by atoms with Crippen LogP contribution < -0.4 is 5.32 Å². The van der Waals surface area contributed by atoms with Crippen molar-refractivity contribution in [1.82, 2.24) is 5.32 Å². The van der Waals surface area contributed by atoms with Crippen molar-refractivity contribution in [2.24, 2.45) is 5.92 Å². The number of rotatable bonds is 5. The summed E-state index contributed by atoms with van der Waals surface area (Å²) in [6.07, 6.45) is 0.656. The van der Waals surface area contributed by atoms with Gasteiger partial charge in [0.1, 0.15) is 6.04 Å². The first-order valence-electron chi connectivity index (χ1n) is 5.85. The maximum atomic E-state index is 12.1. The van der Waals surface area contributed by atoms with Crippen LogP contribution in [0.4, 0.5) is 0 Å². The first-order valence-corrected chi connectivity index (χ1v) is 7.02. The number of carboxylic acids is 1. The lowest BCUT2D eigenvalue weighted by Crippen LogP contribution is -2.45. The van der Waals surface area contributed by atoms with E-state index in [0.29, 0.717) is 10.9 Å². The molecular weight excluding hydrogens is 334 g/mol. The molecule has 0 saturated carbocycles. The van der Waals surface area contributed by atoms with E-state index in [9.17, 15) is 9.59 Å². The summed E-state index contributed by atoms with van der Waals surface area (Å²) in [5.74, 6) is -1.69. The highest BCUT2D eigenvalue weighted by Crippen LogP contribution is 2.21. The molecule has 2 N–H and O–H groups in total. The molecule has 1 rings (SSSR count). The van der Waals surface area contributed by atoms with Crippen LogP contribution in [0.2, 0.25) is 5.02 Å². The minimum Gasteiger partial charge on any atom is -0.480 e. The topological polar surface area (TPSA) is 66.4 Å². The number of benzene rings is 1. The van der Waals surface area contributed by atoms with Gasteiger partial charge in [0.15, 0.2) is 0 Å². The van der Waals surface area contributed by atoms with Crippen molar-refractivity contribution in [3.63, 3.8) is 0 Å². The summed E-state index contributed by atoms with van der Waals surface area (Å²) in [5.41, 5.74) is 0.255. The Hall–Kier alpha value is -1.07. The van der Waals surface area contributed by atoms with Crippen LogP contribution in [-0.4, -0.2) is 23.0 Å². The molecule has 0 radical (unpaired) electrons. The van der Waals surface area contributed by atoms with Crippen LogP contribution in [0.3, 0.4) is 0 Å². The molecule has 4 nitrogen and oxygen atoms in total. The van der Waals surface area contributed by atoms with E-state index < -0.39 is 17.9 Å². The van der Waals surface area contributed by atoms with Crippen LogP contribution in [-0.2, 0) is 4.79 Å². The molecule has 0 aromatic heterocycles. The summed E-state index contributed by atoms with van der Waals surface area (Å²) in [6, 6.07) is 3.93. The van der Waals surface area contributed by atoms with Gasteiger partial charge in [0.25, 0.3) is 5.91 Å². The van der Waals surface area contributed by atoms with Gasteiger partial charge in [0.2, 0.25) is 0 Å². The third-order valence-electron chi connectivity index (χ3n) is 2.94. The van der Waals surface area contributed by atoms with Crippen molar-refractivity contribution < 1.29 is 14.7 Å². The molecule has 0 fully saturated rings. The SMILES string of the molecule is CCC(C)C(NC(=O)c1cc(Br)ccc1Cl)C(=O)O. The van der Waals surface area contributed by atoms with E-state index in [1.54, 1.807) is 25.1 Å². The van der Waals surface area contributed by atoms with Gasteiger partial charge in [-0.25, -0.2) is 4.79 Å². The number of carboxylic acid groups (broad SMARTS) is 1. The highest BCUT2D eigenvalue weighted by atomic mass is 79.9. The maximum absolute atomic E-state index is 12.1. The molecule has 0 aliphatic heterocycles. The van der Waals surface area contributed by atoms with Crippen molar-refractivity contribution in [3.05, 3.63) is 33.3 Å². The Morgan fingerprint density at radius 3 is 2.63 bits per heavy atom. The van der Waals surface area contributed by atoms with Gasteiger partial charge in [-0.2, -0.15) is 0 Å². The summed E-state index contributed by atoms with van der Waals surface area (Å²) in [5, 5.41) is 11.9. The van der Waals surface area contributed by atoms with E-state index in [1.807, 2.05) is 6.92 Å². The zero-order valence-electron chi connectivity index (χ0n) is 10.6. The van der Waals surface area contributed by atoms with Gasteiger partial charge in [-0.1, -0.05) is 47.8 Å². The number of carbonyl (C=O) groups excluding carboxylic acids is 1. The summed E-state index contributed by atoms with van der Waals surface area (Å²) >= 11 is 9.19. The van der Waals surface area contributed by atoms with E-state index in [0.717, 1.165) is 0 Å². The molecule has 0 aliphatic rings. The van der Waals surface area contributed by atoms with Crippen LogP contribution in [0, 0.1) is 5.92 Å². The summed E-state index contributed by atoms with van der Waals surface area (Å²) < 4.78 is 0.706. The summed E-state index contributed by atoms with van der Waals surface area (Å²) in [7, 11) is 0. The molecule has 1 amide bonds. The number of hydrogen-bond acceptors (Lipinski definition) is 2. The maximum Gasteiger partial charge on any atom is 0.326 e. The normalized spacial score (nSPS) is 13.7. The number of nitrogens with one attached hydrogen (secondary N) is 1. The van der Waals surface area contributed by atoms with Crippen molar-refractivity contribution in [1.29, 1.82) is 0 Å². The predicted molar refractivity (Wildman–Crippen MR) is 77.5 cm³/mol. The molecule has 1 aromatic carbocycles. The Bertz CT molecular complexity index is 493. The third kappa shape index (κ3) is 4.21. The first-order chi connectivity index (χ1) is 8.86. The number of carbonyl (C=O) groups is 2. The van der Waals surface area contributed by atoms with E-state index in [1.165, 1.54) is 0 Å². The van der Waals surface area contributed by atoms with Gasteiger partial charge >= 0.3 is 5.97 Å². The van der Waals surface area contributed by atoms with Gasteiger partial charge in [0.05, 0.1) is 10.6 Å². The third-order valence-corrected chi connectivity index (χ3v) is 3.76. The van der Waals surface area contributed by atoms with Crippen LogP contribution in [0.5, 0.6) is 0 Å². The summed E-state index contributed by atoms with van der Waals surface area (Å²) in [4.78, 5) is 23.2. The molecule has 19 heavy (non-hydrogen) atoms. The molecule has 0 heterocycles. The fourth-order valence-corrected chi connectivity index (χ4v) is 2.14. The Kier molecular flexibility index (Phi) is 5.82. The predicted octanol–water partition coefficient (Wildman–Crippen LogP) is 3.33. The summed E-state index contributed by atoms with van der Waals surface area (Å²) in [6.45, 7) is 3.65. The number of hydrogen-bond donors (Lipinski definition) is 2. The molecule has 1 aromatic rings. The zero-order valence-corrected chi connectivity index (χ0v) is 13.0. The highest BCUT2D eigenvalue weighted by Gasteiger charge is 2.26. The van der Waals surface area contributed by atoms with Crippen LogP contribution in [0.1, 0.15) is 30.6 Å². The zero-order chi connectivity index (χ0) is 14.6. The molecular formula is C13H15BrClNO3. The minimum atomic E-state index is -1.05. The lowest BCUT2D eigenvalue weighted by molar-refractivity contribution is -0.140. The van der Waals surface area contributed by atoms with Gasteiger partial charge in [-0.15, -0.1) is 0 Å². The molecule has 6 heteroatoms. The van der Waals surface area contributed by atoms with Crippen molar-refractivity contribution in [3.8, 4) is 0 Å². The Morgan fingerprint density at radius 2 is 2.11 bits per heavy atom. The quantitative estimate of drug-likeness (QED) is 0.857. The molecule has 2 unspecified atom stereocenters. The van der Waals surface area contributed by atoms with Crippen molar-refractivity contribution >= 4 is 39.4 Å². The molecule has 0 spiro atoms. The Labute approximate surface area is 125 Å². The molecule has 104 valence electrons. The van der Waals surface area contributed by atoms with Crippen LogP contribution in [0.25, 0.3) is 0 Å². The number of amides is 1. The molecule has 0 aliphatic carbocycles. The standard InChI is InChI=1S/C13H15BrClNO3/c1-3-7(2)11(13(18)19)16-12(17)9-6-8(14)4-5-10(9)15/h4-7,11H,3H2,1-2H3,(H,16,17)(H,18,19). The van der Waals surface area contributed by atoms with Gasteiger partial charge < -0.3 is 10.4 Å². The van der Waals surface area contributed by atoms with Crippen LogP contribution in [0.15, 0.2) is 22.7 Å². The Balaban J connectivity index is 2.94. The second-order valence-corrected chi connectivity index (χ2v) is 5.62. The average molecular weight is 349 g/mol. The van der Waals surface area contributed by atoms with Gasteiger partial charge in [-0.05, 0) is 24.1 Å². The lowest BCUT2D eigenvalue weighted by atomic mass is 9.99. The fraction of sp³-hybridized carbons (Fsp3) is 0.385. The minimum absolute atomic E-state index is 0.160. The van der Waals surface area contributed by atoms with E-state index in [2.05, 4.69) is 21.2 Å². The monoisotopic (exact) mass is 347 g/mol. The van der Waals surface area contributed by atoms with E-state index in [4.69, 9.17) is 16.7 Å². The van der Waals surface area contributed by atoms with Gasteiger partial charge in [-0.3, -0.25) is 4.79 Å². The van der Waals surface area contributed by atoms with Crippen LogP contribution >= 0.6 is 27.5 Å². The second-order valence-electron chi connectivity index (χ2n) is 4.30. The fourth-order valence-electron chi connectivity index (χ4n) is 1.57. The van der Waals surface area contributed by atoms with E-state index >= 15 is 0 Å². The molecule has 0 saturated heterocycles. The average Bonchev–Trinajstić information content (AvgIpc) is 2.37. The largest absolute Gasteiger partial charge is 0.480 e. The number of aliphatic carboxylic acids is 1. The van der Waals surface area contributed by atoms with E-state index in [-0.39, 0.29) is 16.5 Å². The number of halogens is 2. The van der Waals surface area contributed by atoms with Crippen molar-refractivity contribution in [2.45, 2.75) is 26.3 Å². The second kappa shape index (κ2) is 6.91.